The molecule has 2 aromatic carbocycles. The predicted octanol–water partition coefficient (Wildman–Crippen LogP) is 2.96. The van der Waals surface area contributed by atoms with Crippen molar-refractivity contribution in [1.82, 2.24) is 5.32 Å². The van der Waals surface area contributed by atoms with Gasteiger partial charge in [-0.1, -0.05) is 29.8 Å². The van der Waals surface area contributed by atoms with Crippen molar-refractivity contribution < 1.29 is 17.6 Å². The first-order valence-electron chi connectivity index (χ1n) is 7.08. The summed E-state index contributed by atoms with van der Waals surface area (Å²) in [5.74, 6) is -1.31. The SMILES string of the molecule is Cc1ccc(NS(=O)(=O)CCNC(=O)c2ccccc2Cl)cc1F. The van der Waals surface area contributed by atoms with E-state index in [4.69, 9.17) is 11.6 Å². The van der Waals surface area contributed by atoms with E-state index >= 15 is 0 Å². The molecule has 0 unspecified atom stereocenters. The molecule has 0 aliphatic rings. The van der Waals surface area contributed by atoms with Crippen LogP contribution in [0.2, 0.25) is 5.02 Å². The van der Waals surface area contributed by atoms with Gasteiger partial charge in [-0.15, -0.1) is 0 Å². The summed E-state index contributed by atoms with van der Waals surface area (Å²) in [5, 5.41) is 2.77. The fourth-order valence-electron chi connectivity index (χ4n) is 1.93. The molecule has 0 atom stereocenters. The Bertz CT molecular complexity index is 856. The maximum atomic E-state index is 13.4. The second-order valence-corrected chi connectivity index (χ2v) is 7.37. The van der Waals surface area contributed by atoms with Gasteiger partial charge in [0.25, 0.3) is 5.91 Å². The zero-order valence-electron chi connectivity index (χ0n) is 12.8. The summed E-state index contributed by atoms with van der Waals surface area (Å²) in [4.78, 5) is 11.9. The van der Waals surface area contributed by atoms with Gasteiger partial charge in [0.2, 0.25) is 10.0 Å². The smallest absolute Gasteiger partial charge is 0.252 e. The third-order valence-electron chi connectivity index (χ3n) is 3.22. The van der Waals surface area contributed by atoms with E-state index in [-0.39, 0.29) is 28.6 Å². The third kappa shape index (κ3) is 4.94. The van der Waals surface area contributed by atoms with Gasteiger partial charge in [-0.05, 0) is 36.8 Å². The average Bonchev–Trinajstić information content (AvgIpc) is 2.51. The van der Waals surface area contributed by atoms with Crippen LogP contribution in [0.3, 0.4) is 0 Å². The fourth-order valence-corrected chi connectivity index (χ4v) is 3.11. The molecular formula is C16H16ClFN2O3S. The summed E-state index contributed by atoms with van der Waals surface area (Å²) in [6, 6.07) is 10.5. The van der Waals surface area contributed by atoms with E-state index in [1.807, 2.05) is 0 Å². The number of nitrogens with one attached hydrogen (secondary N) is 2. The summed E-state index contributed by atoms with van der Waals surface area (Å²) >= 11 is 5.90. The van der Waals surface area contributed by atoms with Gasteiger partial charge in [0.15, 0.2) is 0 Å². The normalized spacial score (nSPS) is 11.1. The molecule has 0 aliphatic carbocycles. The van der Waals surface area contributed by atoms with Crippen LogP contribution < -0.4 is 10.0 Å². The Kier molecular flexibility index (Phi) is 5.80. The molecule has 5 nitrogen and oxygen atoms in total. The number of sulfonamides is 1. The molecule has 128 valence electrons. The number of carbonyl (C=O) groups excluding carboxylic acids is 1. The quantitative estimate of drug-likeness (QED) is 0.820. The van der Waals surface area contributed by atoms with Crippen LogP contribution in [0.15, 0.2) is 42.5 Å². The zero-order chi connectivity index (χ0) is 17.7. The van der Waals surface area contributed by atoms with E-state index in [0.717, 1.165) is 6.07 Å². The van der Waals surface area contributed by atoms with E-state index in [0.29, 0.717) is 5.56 Å². The lowest BCUT2D eigenvalue weighted by molar-refractivity contribution is 0.0956. The molecule has 0 fully saturated rings. The molecular weight excluding hydrogens is 355 g/mol. The van der Waals surface area contributed by atoms with Crippen LogP contribution in [-0.2, 0) is 10.0 Å². The highest BCUT2D eigenvalue weighted by Crippen LogP contribution is 2.16. The Morgan fingerprint density at radius 3 is 2.58 bits per heavy atom. The Labute approximate surface area is 144 Å². The van der Waals surface area contributed by atoms with E-state index < -0.39 is 21.7 Å². The van der Waals surface area contributed by atoms with Crippen molar-refractivity contribution >= 4 is 33.2 Å². The van der Waals surface area contributed by atoms with E-state index in [1.165, 1.54) is 12.1 Å². The van der Waals surface area contributed by atoms with Crippen LogP contribution in [0.1, 0.15) is 15.9 Å². The van der Waals surface area contributed by atoms with Crippen LogP contribution in [-0.4, -0.2) is 26.6 Å². The lowest BCUT2D eigenvalue weighted by Crippen LogP contribution is -2.31. The van der Waals surface area contributed by atoms with Gasteiger partial charge in [0.05, 0.1) is 22.0 Å². The monoisotopic (exact) mass is 370 g/mol. The summed E-state index contributed by atoms with van der Waals surface area (Å²) in [6.07, 6.45) is 0. The molecule has 2 rings (SSSR count). The molecule has 0 aromatic heterocycles. The summed E-state index contributed by atoms with van der Waals surface area (Å²) in [7, 11) is -3.72. The Hall–Kier alpha value is -2.12. The molecule has 24 heavy (non-hydrogen) atoms. The summed E-state index contributed by atoms with van der Waals surface area (Å²) in [6.45, 7) is 1.48. The molecule has 0 aliphatic heterocycles. The highest BCUT2D eigenvalue weighted by molar-refractivity contribution is 7.92. The molecule has 2 N–H and O–H groups in total. The van der Waals surface area contributed by atoms with Crippen LogP contribution in [0, 0.1) is 12.7 Å². The maximum absolute atomic E-state index is 13.4. The van der Waals surface area contributed by atoms with E-state index in [1.54, 1.807) is 31.2 Å². The molecule has 0 spiro atoms. The first kappa shape index (κ1) is 18.2. The number of halogens is 2. The van der Waals surface area contributed by atoms with Gasteiger partial charge < -0.3 is 5.32 Å². The molecule has 0 saturated heterocycles. The minimum Gasteiger partial charge on any atom is -0.351 e. The molecule has 0 radical (unpaired) electrons. The number of amides is 1. The number of benzene rings is 2. The lowest BCUT2D eigenvalue weighted by Gasteiger charge is -2.10. The van der Waals surface area contributed by atoms with Crippen molar-refractivity contribution in [3.8, 4) is 0 Å². The third-order valence-corrected chi connectivity index (χ3v) is 4.84. The minimum atomic E-state index is -3.72. The first-order valence-corrected chi connectivity index (χ1v) is 9.11. The number of carbonyl (C=O) groups is 1. The van der Waals surface area contributed by atoms with Crippen molar-refractivity contribution in [2.45, 2.75) is 6.92 Å². The van der Waals surface area contributed by atoms with Crippen molar-refractivity contribution in [3.05, 3.63) is 64.4 Å². The number of rotatable bonds is 6. The topological polar surface area (TPSA) is 75.3 Å². The second-order valence-electron chi connectivity index (χ2n) is 5.12. The second kappa shape index (κ2) is 7.63. The zero-order valence-corrected chi connectivity index (χ0v) is 14.4. The summed E-state index contributed by atoms with van der Waals surface area (Å²) in [5.41, 5.74) is 0.825. The van der Waals surface area contributed by atoms with Gasteiger partial charge in [-0.3, -0.25) is 9.52 Å². The van der Waals surface area contributed by atoms with Gasteiger partial charge in [-0.2, -0.15) is 0 Å². The molecule has 2 aromatic rings. The average molecular weight is 371 g/mol. The van der Waals surface area contributed by atoms with Crippen molar-refractivity contribution in [2.24, 2.45) is 0 Å². The van der Waals surface area contributed by atoms with Crippen molar-refractivity contribution in [2.75, 3.05) is 17.0 Å². The number of hydrogen-bond donors (Lipinski definition) is 2. The van der Waals surface area contributed by atoms with Crippen LogP contribution in [0.5, 0.6) is 0 Å². The largest absolute Gasteiger partial charge is 0.351 e. The molecule has 0 bridgehead atoms. The predicted molar refractivity (Wildman–Crippen MR) is 92.3 cm³/mol. The van der Waals surface area contributed by atoms with Gasteiger partial charge >= 0.3 is 0 Å². The van der Waals surface area contributed by atoms with E-state index in [2.05, 4.69) is 10.0 Å². The first-order chi connectivity index (χ1) is 11.3. The molecule has 8 heteroatoms. The van der Waals surface area contributed by atoms with Crippen LogP contribution in [0.25, 0.3) is 0 Å². The van der Waals surface area contributed by atoms with Crippen molar-refractivity contribution in [3.63, 3.8) is 0 Å². The molecule has 0 heterocycles. The lowest BCUT2D eigenvalue weighted by atomic mass is 10.2. The Morgan fingerprint density at radius 2 is 1.92 bits per heavy atom. The van der Waals surface area contributed by atoms with Crippen LogP contribution >= 0.6 is 11.6 Å². The van der Waals surface area contributed by atoms with Gasteiger partial charge in [-0.25, -0.2) is 12.8 Å². The van der Waals surface area contributed by atoms with Gasteiger partial charge in [0.1, 0.15) is 5.82 Å². The fraction of sp³-hybridized carbons (Fsp3) is 0.188. The Morgan fingerprint density at radius 1 is 1.21 bits per heavy atom. The number of aryl methyl sites for hydroxylation is 1. The minimum absolute atomic E-state index is 0.103. The Balaban J connectivity index is 1.92. The number of anilines is 1. The summed E-state index contributed by atoms with van der Waals surface area (Å²) < 4.78 is 39.6. The van der Waals surface area contributed by atoms with Gasteiger partial charge in [0, 0.05) is 6.54 Å². The van der Waals surface area contributed by atoms with Crippen molar-refractivity contribution in [1.29, 1.82) is 0 Å². The van der Waals surface area contributed by atoms with Crippen LogP contribution in [0.4, 0.5) is 10.1 Å². The molecule has 0 saturated carbocycles. The number of hydrogen-bond acceptors (Lipinski definition) is 3. The van der Waals surface area contributed by atoms with E-state index in [9.17, 15) is 17.6 Å². The standard InChI is InChI=1S/C16H16ClFN2O3S/c1-11-6-7-12(10-15(11)18)20-24(22,23)9-8-19-16(21)13-4-2-3-5-14(13)17/h2-7,10,20H,8-9H2,1H3,(H,19,21). The molecule has 1 amide bonds. The highest BCUT2D eigenvalue weighted by Gasteiger charge is 2.14. The highest BCUT2D eigenvalue weighted by atomic mass is 35.5. The maximum Gasteiger partial charge on any atom is 0.252 e.